The van der Waals surface area contributed by atoms with Crippen LogP contribution in [-0.4, -0.2) is 25.2 Å². The molecule has 0 unspecified atom stereocenters. The first kappa shape index (κ1) is 15.8. The van der Waals surface area contributed by atoms with Crippen LogP contribution < -0.4 is 14.8 Å². The van der Waals surface area contributed by atoms with Crippen molar-refractivity contribution in [3.8, 4) is 11.5 Å². The predicted molar refractivity (Wildman–Crippen MR) is 86.3 cm³/mol. The van der Waals surface area contributed by atoms with Gasteiger partial charge in [0.25, 0.3) is 0 Å². The number of hydrogen-bond acceptors (Lipinski definition) is 5. The van der Waals surface area contributed by atoms with Crippen molar-refractivity contribution < 1.29 is 9.47 Å². The van der Waals surface area contributed by atoms with Gasteiger partial charge in [0.1, 0.15) is 11.5 Å². The first-order valence-electron chi connectivity index (χ1n) is 7.22. The van der Waals surface area contributed by atoms with Gasteiger partial charge in [0.2, 0.25) is 0 Å². The minimum atomic E-state index is 0.627. The molecule has 0 aliphatic heterocycles. The van der Waals surface area contributed by atoms with Crippen LogP contribution in [0.1, 0.15) is 24.0 Å². The number of hydrogen-bond donors (Lipinski definition) is 1. The van der Waals surface area contributed by atoms with Crippen molar-refractivity contribution in [1.29, 1.82) is 0 Å². The first-order valence-corrected chi connectivity index (χ1v) is 8.10. The molecule has 0 aliphatic carbocycles. The van der Waals surface area contributed by atoms with Crippen molar-refractivity contribution in [2.24, 2.45) is 0 Å². The maximum Gasteiger partial charge on any atom is 0.123 e. The Labute approximate surface area is 130 Å². The molecule has 114 valence electrons. The van der Waals surface area contributed by atoms with Gasteiger partial charge in [-0.1, -0.05) is 13.0 Å². The summed E-state index contributed by atoms with van der Waals surface area (Å²) in [5.41, 5.74) is 1.12. The molecule has 2 aromatic rings. The molecule has 0 spiro atoms. The van der Waals surface area contributed by atoms with Crippen molar-refractivity contribution in [3.63, 3.8) is 0 Å². The quantitative estimate of drug-likeness (QED) is 0.722. The summed E-state index contributed by atoms with van der Waals surface area (Å²) in [7, 11) is 1.66. The van der Waals surface area contributed by atoms with E-state index in [4.69, 9.17) is 9.47 Å². The van der Waals surface area contributed by atoms with Gasteiger partial charge >= 0.3 is 0 Å². The number of benzene rings is 1. The molecule has 2 rings (SSSR count). The molecule has 21 heavy (non-hydrogen) atoms. The van der Waals surface area contributed by atoms with Crippen molar-refractivity contribution in [2.75, 3.05) is 20.3 Å². The summed E-state index contributed by atoms with van der Waals surface area (Å²) in [4.78, 5) is 4.60. The summed E-state index contributed by atoms with van der Waals surface area (Å²) < 4.78 is 10.9. The lowest BCUT2D eigenvalue weighted by atomic mass is 10.3. The Bertz CT molecular complexity index is 543. The summed E-state index contributed by atoms with van der Waals surface area (Å²) in [6, 6.07) is 7.66. The number of nitrogens with one attached hydrogen (secondary N) is 1. The molecule has 5 heteroatoms. The molecular formula is C16H22N2O2S. The lowest BCUT2D eigenvalue weighted by Crippen LogP contribution is -2.14. The third kappa shape index (κ3) is 5.36. The summed E-state index contributed by atoms with van der Waals surface area (Å²) in [5.74, 6) is 1.64. The highest BCUT2D eigenvalue weighted by molar-refractivity contribution is 7.09. The predicted octanol–water partition coefficient (Wildman–Crippen LogP) is 3.27. The number of aromatic nitrogens is 1. The molecule has 4 nitrogen and oxygen atoms in total. The van der Waals surface area contributed by atoms with E-state index >= 15 is 0 Å². The molecule has 0 saturated carbocycles. The fourth-order valence-corrected chi connectivity index (χ4v) is 2.66. The van der Waals surface area contributed by atoms with Gasteiger partial charge in [-0.3, -0.25) is 0 Å². The molecule has 1 N–H and O–H groups in total. The summed E-state index contributed by atoms with van der Waals surface area (Å²) in [6.07, 6.45) is 1.97. The molecule has 1 heterocycles. The van der Waals surface area contributed by atoms with E-state index in [0.717, 1.165) is 48.1 Å². The zero-order valence-corrected chi connectivity index (χ0v) is 13.4. The molecule has 0 radical (unpaired) electrons. The van der Waals surface area contributed by atoms with Gasteiger partial charge in [-0.25, -0.2) is 4.98 Å². The minimum Gasteiger partial charge on any atom is -0.497 e. The van der Waals surface area contributed by atoms with Gasteiger partial charge in [0.15, 0.2) is 0 Å². The summed E-state index contributed by atoms with van der Waals surface area (Å²) in [5, 5.41) is 6.59. The Morgan fingerprint density at radius 2 is 2.14 bits per heavy atom. The third-order valence-electron chi connectivity index (χ3n) is 2.96. The van der Waals surface area contributed by atoms with E-state index in [2.05, 4.69) is 22.6 Å². The van der Waals surface area contributed by atoms with Crippen LogP contribution >= 0.6 is 11.3 Å². The average molecular weight is 306 g/mol. The van der Waals surface area contributed by atoms with Crippen LogP contribution in [-0.2, 0) is 13.0 Å². The van der Waals surface area contributed by atoms with E-state index in [1.54, 1.807) is 18.4 Å². The second-order valence-electron chi connectivity index (χ2n) is 4.69. The summed E-state index contributed by atoms with van der Waals surface area (Å²) >= 11 is 1.69. The largest absolute Gasteiger partial charge is 0.497 e. The minimum absolute atomic E-state index is 0.627. The first-order chi connectivity index (χ1) is 10.3. The third-order valence-corrected chi connectivity index (χ3v) is 3.92. The zero-order valence-electron chi connectivity index (χ0n) is 12.6. The van der Waals surface area contributed by atoms with Crippen LogP contribution in [0, 0.1) is 0 Å². The van der Waals surface area contributed by atoms with Crippen LogP contribution in [0.25, 0.3) is 0 Å². The number of nitrogens with zero attached hydrogens (tertiary/aromatic N) is 1. The van der Waals surface area contributed by atoms with Crippen LogP contribution in [0.2, 0.25) is 0 Å². The Hall–Kier alpha value is -1.59. The Balaban J connectivity index is 1.75. The lowest BCUT2D eigenvalue weighted by molar-refractivity contribution is 0.318. The number of thiazole rings is 1. The highest BCUT2D eigenvalue weighted by Gasteiger charge is 2.03. The van der Waals surface area contributed by atoms with Gasteiger partial charge < -0.3 is 14.8 Å². The van der Waals surface area contributed by atoms with E-state index in [1.165, 1.54) is 0 Å². The molecule has 0 atom stereocenters. The molecule has 1 aromatic carbocycles. The molecule has 0 amide bonds. The lowest BCUT2D eigenvalue weighted by Gasteiger charge is -2.06. The van der Waals surface area contributed by atoms with Gasteiger partial charge in [0, 0.05) is 24.4 Å². The number of methoxy groups -OCH3 is 1. The van der Waals surface area contributed by atoms with Crippen LogP contribution in [0.5, 0.6) is 11.5 Å². The van der Waals surface area contributed by atoms with E-state index in [9.17, 15) is 0 Å². The molecule has 0 saturated heterocycles. The number of ether oxygens (including phenoxy) is 2. The SMILES string of the molecule is CCCNCc1csc(CCOc2cccc(OC)c2)n1. The van der Waals surface area contributed by atoms with Crippen molar-refractivity contribution in [2.45, 2.75) is 26.3 Å². The van der Waals surface area contributed by atoms with Crippen molar-refractivity contribution in [3.05, 3.63) is 40.3 Å². The van der Waals surface area contributed by atoms with Crippen LogP contribution in [0.15, 0.2) is 29.6 Å². The van der Waals surface area contributed by atoms with E-state index in [-0.39, 0.29) is 0 Å². The van der Waals surface area contributed by atoms with E-state index < -0.39 is 0 Å². The van der Waals surface area contributed by atoms with Gasteiger partial charge in [0.05, 0.1) is 24.4 Å². The molecule has 0 fully saturated rings. The fraction of sp³-hybridized carbons (Fsp3) is 0.438. The summed E-state index contributed by atoms with van der Waals surface area (Å²) in [6.45, 7) is 4.67. The van der Waals surface area contributed by atoms with Gasteiger partial charge in [-0.05, 0) is 25.1 Å². The zero-order chi connectivity index (χ0) is 14.9. The Morgan fingerprint density at radius 3 is 2.95 bits per heavy atom. The maximum atomic E-state index is 5.73. The smallest absolute Gasteiger partial charge is 0.123 e. The number of rotatable bonds is 9. The second-order valence-corrected chi connectivity index (χ2v) is 5.63. The van der Waals surface area contributed by atoms with Crippen LogP contribution in [0.4, 0.5) is 0 Å². The Morgan fingerprint density at radius 1 is 1.29 bits per heavy atom. The highest BCUT2D eigenvalue weighted by Crippen LogP contribution is 2.19. The van der Waals surface area contributed by atoms with Crippen molar-refractivity contribution in [1.82, 2.24) is 10.3 Å². The molecule has 1 aromatic heterocycles. The Kier molecular flexibility index (Phi) is 6.50. The van der Waals surface area contributed by atoms with E-state index in [0.29, 0.717) is 6.61 Å². The van der Waals surface area contributed by atoms with Crippen LogP contribution in [0.3, 0.4) is 0 Å². The molecule has 0 bridgehead atoms. The normalized spacial score (nSPS) is 10.6. The fourth-order valence-electron chi connectivity index (χ4n) is 1.89. The van der Waals surface area contributed by atoms with Gasteiger partial charge in [-0.15, -0.1) is 11.3 Å². The second kappa shape index (κ2) is 8.64. The maximum absolute atomic E-state index is 5.73. The molecular weight excluding hydrogens is 284 g/mol. The van der Waals surface area contributed by atoms with Gasteiger partial charge in [-0.2, -0.15) is 0 Å². The molecule has 0 aliphatic rings. The average Bonchev–Trinajstić information content (AvgIpc) is 2.96. The topological polar surface area (TPSA) is 43.4 Å². The van der Waals surface area contributed by atoms with Crippen molar-refractivity contribution >= 4 is 11.3 Å². The monoisotopic (exact) mass is 306 g/mol. The standard InChI is InChI=1S/C16H22N2O2S/c1-3-8-17-11-13-12-21-16(18-13)7-9-20-15-6-4-5-14(10-15)19-2/h4-6,10,12,17H,3,7-9,11H2,1-2H3. The highest BCUT2D eigenvalue weighted by atomic mass is 32.1. The van der Waals surface area contributed by atoms with E-state index in [1.807, 2.05) is 24.3 Å².